The van der Waals surface area contributed by atoms with Crippen LogP contribution in [0.4, 0.5) is 0 Å². The lowest BCUT2D eigenvalue weighted by Crippen LogP contribution is -2.26. The molecule has 0 saturated heterocycles. The fraction of sp³-hybridized carbons (Fsp3) is 0. The van der Waals surface area contributed by atoms with Gasteiger partial charge in [-0.2, -0.15) is 0 Å². The molecule has 156 valence electrons. The van der Waals surface area contributed by atoms with Crippen molar-refractivity contribution in [2.24, 2.45) is 0 Å². The minimum absolute atomic E-state index is 0.477. The van der Waals surface area contributed by atoms with Crippen molar-refractivity contribution in [2.75, 3.05) is 0 Å². The fourth-order valence-electron chi connectivity index (χ4n) is 5.09. The van der Waals surface area contributed by atoms with Gasteiger partial charge in [-0.3, -0.25) is 0 Å². The highest BCUT2D eigenvalue weighted by Crippen LogP contribution is 2.39. The first-order chi connectivity index (χ1) is 16.4. The van der Waals surface area contributed by atoms with Crippen LogP contribution in [0.15, 0.2) is 120 Å². The molecule has 0 aliphatic rings. The Morgan fingerprint density at radius 3 is 2.03 bits per heavy atom. The highest BCUT2D eigenvalue weighted by atomic mass is 28.2. The number of para-hydroxylation sites is 2. The summed E-state index contributed by atoms with van der Waals surface area (Å²) in [7, 11) is -0.477. The Labute approximate surface area is 193 Å². The normalized spacial score (nSPS) is 12.1. The standard InChI is InChI=1S/C30H21NOSi/c1-2-8-21(9-3-1)33-22-16-14-20(15-17-22)31-27-12-6-4-10-23(27)25-18-19-26-24-11-5-7-13-28(24)32-30(26)29(25)31/h1-19H,33H2. The van der Waals surface area contributed by atoms with Gasteiger partial charge >= 0.3 is 0 Å². The number of benzene rings is 5. The molecule has 2 heterocycles. The summed E-state index contributed by atoms with van der Waals surface area (Å²) in [5, 5.41) is 7.70. The third-order valence-corrected chi connectivity index (χ3v) is 8.38. The van der Waals surface area contributed by atoms with Crippen LogP contribution in [0.5, 0.6) is 0 Å². The van der Waals surface area contributed by atoms with E-state index in [-0.39, 0.29) is 0 Å². The molecule has 3 heteroatoms. The van der Waals surface area contributed by atoms with Gasteiger partial charge < -0.3 is 8.98 Å². The Morgan fingerprint density at radius 2 is 1.18 bits per heavy atom. The molecular formula is C30H21NOSi. The molecule has 0 fully saturated rings. The van der Waals surface area contributed by atoms with Gasteiger partial charge in [-0.25, -0.2) is 0 Å². The molecule has 2 aromatic heterocycles. The summed E-state index contributed by atoms with van der Waals surface area (Å²) in [4.78, 5) is 0. The van der Waals surface area contributed by atoms with E-state index in [0.29, 0.717) is 0 Å². The Morgan fingerprint density at radius 1 is 0.515 bits per heavy atom. The Kier molecular flexibility index (Phi) is 4.05. The highest BCUT2D eigenvalue weighted by molar-refractivity contribution is 6.67. The van der Waals surface area contributed by atoms with Gasteiger partial charge in [0, 0.05) is 27.2 Å². The van der Waals surface area contributed by atoms with Crippen molar-refractivity contribution in [3.63, 3.8) is 0 Å². The molecule has 0 radical (unpaired) electrons. The van der Waals surface area contributed by atoms with E-state index in [2.05, 4.69) is 114 Å². The molecular weight excluding hydrogens is 418 g/mol. The molecule has 0 bridgehead atoms. The second-order valence-corrected chi connectivity index (χ2v) is 10.6. The van der Waals surface area contributed by atoms with Crippen molar-refractivity contribution >= 4 is 63.6 Å². The van der Waals surface area contributed by atoms with Gasteiger partial charge in [0.05, 0.1) is 20.6 Å². The van der Waals surface area contributed by atoms with E-state index in [1.807, 2.05) is 6.07 Å². The Hall–Kier alpha value is -4.08. The molecule has 5 aromatic carbocycles. The zero-order valence-electron chi connectivity index (χ0n) is 18.0. The second kappa shape index (κ2) is 7.22. The summed E-state index contributed by atoms with van der Waals surface area (Å²) in [6, 6.07) is 41.4. The lowest BCUT2D eigenvalue weighted by atomic mass is 10.1. The number of hydrogen-bond donors (Lipinski definition) is 0. The van der Waals surface area contributed by atoms with Crippen LogP contribution in [0.2, 0.25) is 0 Å². The van der Waals surface area contributed by atoms with E-state index in [0.717, 1.165) is 27.5 Å². The number of nitrogens with zero attached hydrogens (tertiary/aromatic N) is 1. The largest absolute Gasteiger partial charge is 0.454 e. The Balaban J connectivity index is 1.48. The van der Waals surface area contributed by atoms with E-state index in [1.54, 1.807) is 0 Å². The minimum Gasteiger partial charge on any atom is -0.454 e. The monoisotopic (exact) mass is 439 g/mol. The Bertz CT molecular complexity index is 1780. The molecule has 33 heavy (non-hydrogen) atoms. The van der Waals surface area contributed by atoms with Crippen LogP contribution in [-0.4, -0.2) is 14.1 Å². The highest BCUT2D eigenvalue weighted by Gasteiger charge is 2.18. The maximum atomic E-state index is 6.45. The van der Waals surface area contributed by atoms with Gasteiger partial charge in [0.25, 0.3) is 0 Å². The van der Waals surface area contributed by atoms with Crippen molar-refractivity contribution in [1.29, 1.82) is 0 Å². The van der Waals surface area contributed by atoms with Crippen molar-refractivity contribution in [3.8, 4) is 5.69 Å². The minimum atomic E-state index is -0.477. The molecule has 0 atom stereocenters. The van der Waals surface area contributed by atoms with Crippen LogP contribution >= 0.6 is 0 Å². The number of rotatable bonds is 3. The molecule has 0 amide bonds. The summed E-state index contributed by atoms with van der Waals surface area (Å²) in [5.41, 5.74) is 5.39. The van der Waals surface area contributed by atoms with Gasteiger partial charge in [-0.15, -0.1) is 0 Å². The quantitative estimate of drug-likeness (QED) is 0.318. The van der Waals surface area contributed by atoms with E-state index in [9.17, 15) is 0 Å². The van der Waals surface area contributed by atoms with E-state index in [4.69, 9.17) is 4.42 Å². The second-order valence-electron chi connectivity index (χ2n) is 8.62. The topological polar surface area (TPSA) is 18.1 Å². The first-order valence-corrected chi connectivity index (χ1v) is 12.7. The molecule has 0 spiro atoms. The summed E-state index contributed by atoms with van der Waals surface area (Å²) in [6.45, 7) is 0. The predicted octanol–water partition coefficient (Wildman–Crippen LogP) is 5.80. The van der Waals surface area contributed by atoms with Crippen LogP contribution in [0, 0.1) is 0 Å². The lowest BCUT2D eigenvalue weighted by molar-refractivity contribution is 0.671. The van der Waals surface area contributed by atoms with Gasteiger partial charge in [0.15, 0.2) is 5.58 Å². The van der Waals surface area contributed by atoms with E-state index < -0.39 is 9.52 Å². The first-order valence-electron chi connectivity index (χ1n) is 11.3. The number of aromatic nitrogens is 1. The van der Waals surface area contributed by atoms with Gasteiger partial charge in [0.1, 0.15) is 5.58 Å². The van der Waals surface area contributed by atoms with Crippen molar-refractivity contribution in [3.05, 3.63) is 115 Å². The molecule has 7 rings (SSSR count). The average molecular weight is 440 g/mol. The van der Waals surface area contributed by atoms with E-state index >= 15 is 0 Å². The predicted molar refractivity (Wildman–Crippen MR) is 142 cm³/mol. The number of furan rings is 1. The third-order valence-electron chi connectivity index (χ3n) is 6.63. The maximum Gasteiger partial charge on any atom is 0.160 e. The molecule has 0 aliphatic carbocycles. The van der Waals surface area contributed by atoms with E-state index in [1.165, 1.54) is 32.3 Å². The van der Waals surface area contributed by atoms with Crippen molar-refractivity contribution in [2.45, 2.75) is 0 Å². The number of hydrogen-bond acceptors (Lipinski definition) is 1. The van der Waals surface area contributed by atoms with Crippen LogP contribution in [0.25, 0.3) is 49.4 Å². The SMILES string of the molecule is c1ccc([SiH2]c2ccc(-n3c4ccccc4c4ccc5c6ccccc6oc5c43)cc2)cc1. The van der Waals surface area contributed by atoms with Crippen LogP contribution < -0.4 is 10.4 Å². The molecule has 0 aliphatic heterocycles. The summed E-state index contributed by atoms with van der Waals surface area (Å²) in [5.74, 6) is 0. The first kappa shape index (κ1) is 18.5. The zero-order chi connectivity index (χ0) is 21.8. The van der Waals surface area contributed by atoms with Gasteiger partial charge in [-0.05, 0) is 30.3 Å². The van der Waals surface area contributed by atoms with Crippen molar-refractivity contribution < 1.29 is 4.42 Å². The van der Waals surface area contributed by atoms with Crippen LogP contribution in [0.3, 0.4) is 0 Å². The summed E-state index contributed by atoms with van der Waals surface area (Å²) < 4.78 is 8.81. The summed E-state index contributed by atoms with van der Waals surface area (Å²) in [6.07, 6.45) is 0. The van der Waals surface area contributed by atoms with Crippen LogP contribution in [0.1, 0.15) is 0 Å². The molecule has 0 N–H and O–H groups in total. The molecule has 2 nitrogen and oxygen atoms in total. The zero-order valence-corrected chi connectivity index (χ0v) is 19.4. The van der Waals surface area contributed by atoms with Gasteiger partial charge in [-0.1, -0.05) is 95.3 Å². The smallest absolute Gasteiger partial charge is 0.160 e. The molecule has 7 aromatic rings. The average Bonchev–Trinajstić information content (AvgIpc) is 3.41. The summed E-state index contributed by atoms with van der Waals surface area (Å²) >= 11 is 0. The maximum absolute atomic E-state index is 6.45. The van der Waals surface area contributed by atoms with Gasteiger partial charge in [0.2, 0.25) is 0 Å². The number of fused-ring (bicyclic) bond motifs is 7. The van der Waals surface area contributed by atoms with Crippen molar-refractivity contribution in [1.82, 2.24) is 4.57 Å². The van der Waals surface area contributed by atoms with Crippen LogP contribution in [-0.2, 0) is 0 Å². The fourth-order valence-corrected chi connectivity index (χ4v) is 6.54. The lowest BCUT2D eigenvalue weighted by Gasteiger charge is -2.09. The molecule has 0 unspecified atom stereocenters. The third kappa shape index (κ3) is 2.86. The molecule has 0 saturated carbocycles.